The Morgan fingerprint density at radius 3 is 2.50 bits per heavy atom. The zero-order chi connectivity index (χ0) is 15.5. The fourth-order valence-electron chi connectivity index (χ4n) is 1.32. The maximum absolute atomic E-state index is 12.0. The largest absolute Gasteiger partial charge is 0.380 e. The lowest BCUT2D eigenvalue weighted by Gasteiger charge is -2.12. The van der Waals surface area contributed by atoms with Crippen molar-refractivity contribution in [1.29, 1.82) is 0 Å². The van der Waals surface area contributed by atoms with Crippen LogP contribution in [0, 0.1) is 0 Å². The zero-order valence-electron chi connectivity index (χ0n) is 10.6. The minimum absolute atomic E-state index is 0.0403. The lowest BCUT2D eigenvalue weighted by molar-refractivity contribution is 0.0870. The molecule has 20 heavy (non-hydrogen) atoms. The number of methoxy groups -OCH3 is 1. The Morgan fingerprint density at radius 2 is 2.00 bits per heavy atom. The first-order valence-electron chi connectivity index (χ1n) is 5.41. The van der Waals surface area contributed by atoms with Gasteiger partial charge < -0.3 is 10.1 Å². The molecule has 0 aliphatic rings. The first-order chi connectivity index (χ1) is 9.16. The van der Waals surface area contributed by atoms with Gasteiger partial charge in [0.05, 0.1) is 16.7 Å². The number of hydrogen-bond donors (Lipinski definition) is 1. The molecule has 0 saturated carbocycles. The number of ether oxygens (including phenoxy) is 1. The van der Waals surface area contributed by atoms with Gasteiger partial charge in [-0.25, -0.2) is 8.42 Å². The van der Waals surface area contributed by atoms with Crippen LogP contribution in [0.15, 0.2) is 17.0 Å². The van der Waals surface area contributed by atoms with Crippen LogP contribution in [0.5, 0.6) is 0 Å². The molecule has 1 aromatic rings. The monoisotopic (exact) mass is 359 g/mol. The number of amides is 1. The van der Waals surface area contributed by atoms with E-state index in [1.54, 1.807) is 6.92 Å². The van der Waals surface area contributed by atoms with Crippen molar-refractivity contribution < 1.29 is 17.9 Å². The van der Waals surface area contributed by atoms with E-state index in [-0.39, 0.29) is 28.3 Å². The van der Waals surface area contributed by atoms with Gasteiger partial charge in [0.15, 0.2) is 0 Å². The van der Waals surface area contributed by atoms with E-state index in [0.717, 1.165) is 6.07 Å². The van der Waals surface area contributed by atoms with E-state index in [0.29, 0.717) is 0 Å². The molecule has 0 fully saturated rings. The van der Waals surface area contributed by atoms with Crippen molar-refractivity contribution in [2.24, 2.45) is 0 Å². The summed E-state index contributed by atoms with van der Waals surface area (Å²) in [6.07, 6.45) is -0.201. The molecule has 1 N–H and O–H groups in total. The van der Waals surface area contributed by atoms with Crippen molar-refractivity contribution in [3.05, 3.63) is 27.7 Å². The number of rotatable bonds is 5. The van der Waals surface area contributed by atoms with Crippen LogP contribution in [0.3, 0.4) is 0 Å². The molecule has 9 heteroatoms. The van der Waals surface area contributed by atoms with Crippen LogP contribution < -0.4 is 5.32 Å². The average Bonchev–Trinajstić information content (AvgIpc) is 2.36. The summed E-state index contributed by atoms with van der Waals surface area (Å²) in [5.41, 5.74) is -0.0679. The van der Waals surface area contributed by atoms with E-state index in [2.05, 4.69) is 5.32 Å². The van der Waals surface area contributed by atoms with Crippen molar-refractivity contribution >= 4 is 48.8 Å². The molecule has 0 aliphatic heterocycles. The fraction of sp³-hybridized carbons (Fsp3) is 0.364. The van der Waals surface area contributed by atoms with Gasteiger partial charge in [-0.05, 0) is 19.1 Å². The Kier molecular flexibility index (Phi) is 6.09. The molecule has 0 aliphatic carbocycles. The van der Waals surface area contributed by atoms with E-state index in [1.165, 1.54) is 13.2 Å². The highest BCUT2D eigenvalue weighted by Gasteiger charge is 2.22. The molecule has 1 aromatic carbocycles. The Morgan fingerprint density at radius 1 is 1.40 bits per heavy atom. The number of hydrogen-bond acceptors (Lipinski definition) is 4. The lowest BCUT2D eigenvalue weighted by Crippen LogP contribution is -2.31. The lowest BCUT2D eigenvalue weighted by atomic mass is 10.2. The number of halogens is 3. The van der Waals surface area contributed by atoms with Crippen molar-refractivity contribution in [3.8, 4) is 0 Å². The molecule has 0 heterocycles. The third kappa shape index (κ3) is 4.49. The molecule has 0 bridgehead atoms. The molecule has 1 atom stereocenters. The van der Waals surface area contributed by atoms with Crippen molar-refractivity contribution in [3.63, 3.8) is 0 Å². The Bertz CT molecular complexity index is 618. The number of benzene rings is 1. The Balaban J connectivity index is 3.13. The standard InChI is InChI=1S/C11H12Cl3NO4S/c1-6(19-2)5-15-11(16)8-3-7(12)4-9(10(8)13)20(14,17)18/h3-4,6H,5H2,1-2H3,(H,15,16). The first kappa shape index (κ1) is 17.5. The number of carbonyl (C=O) groups is 1. The summed E-state index contributed by atoms with van der Waals surface area (Å²) in [7, 11) is 2.64. The van der Waals surface area contributed by atoms with Gasteiger partial charge in [-0.2, -0.15) is 0 Å². The third-order valence-corrected chi connectivity index (χ3v) is 4.55. The second-order valence-corrected chi connectivity index (χ2v) is 7.31. The quantitative estimate of drug-likeness (QED) is 0.819. The van der Waals surface area contributed by atoms with Gasteiger partial charge in [0.25, 0.3) is 15.0 Å². The van der Waals surface area contributed by atoms with Crippen LogP contribution in [0.2, 0.25) is 10.0 Å². The fourth-order valence-corrected chi connectivity index (χ4v) is 3.18. The second-order valence-electron chi connectivity index (χ2n) is 3.96. The summed E-state index contributed by atoms with van der Waals surface area (Å²) in [4.78, 5) is 11.6. The van der Waals surface area contributed by atoms with Crippen LogP contribution in [-0.4, -0.2) is 34.1 Å². The molecule has 1 amide bonds. The van der Waals surface area contributed by atoms with E-state index in [9.17, 15) is 13.2 Å². The molecular formula is C11H12Cl3NO4S. The molecule has 0 aromatic heterocycles. The van der Waals surface area contributed by atoms with Crippen molar-refractivity contribution in [2.45, 2.75) is 17.9 Å². The predicted molar refractivity (Wildman–Crippen MR) is 78.3 cm³/mol. The van der Waals surface area contributed by atoms with Crippen LogP contribution in [0.25, 0.3) is 0 Å². The van der Waals surface area contributed by atoms with Crippen LogP contribution in [0.4, 0.5) is 0 Å². The van der Waals surface area contributed by atoms with Gasteiger partial charge >= 0.3 is 0 Å². The highest BCUT2D eigenvalue weighted by molar-refractivity contribution is 8.13. The van der Waals surface area contributed by atoms with Crippen LogP contribution in [0.1, 0.15) is 17.3 Å². The van der Waals surface area contributed by atoms with E-state index >= 15 is 0 Å². The molecule has 1 unspecified atom stereocenters. The van der Waals surface area contributed by atoms with Gasteiger partial charge in [-0.1, -0.05) is 23.2 Å². The van der Waals surface area contributed by atoms with Crippen molar-refractivity contribution in [1.82, 2.24) is 5.32 Å². The summed E-state index contributed by atoms with van der Waals surface area (Å²) in [6.45, 7) is 2.00. The molecule has 0 radical (unpaired) electrons. The van der Waals surface area contributed by atoms with Crippen LogP contribution >= 0.6 is 33.9 Å². The van der Waals surface area contributed by atoms with E-state index in [1.807, 2.05) is 0 Å². The minimum atomic E-state index is -4.10. The molecule has 5 nitrogen and oxygen atoms in total. The van der Waals surface area contributed by atoms with Gasteiger partial charge in [-0.3, -0.25) is 4.79 Å². The third-order valence-electron chi connectivity index (χ3n) is 2.46. The van der Waals surface area contributed by atoms with E-state index < -0.39 is 19.9 Å². The normalized spacial score (nSPS) is 13.1. The zero-order valence-corrected chi connectivity index (χ0v) is 13.7. The maximum atomic E-state index is 12.0. The highest BCUT2D eigenvalue weighted by Crippen LogP contribution is 2.31. The first-order valence-corrected chi connectivity index (χ1v) is 8.48. The molecular weight excluding hydrogens is 349 g/mol. The minimum Gasteiger partial charge on any atom is -0.380 e. The van der Waals surface area contributed by atoms with Gasteiger partial charge in [-0.15, -0.1) is 0 Å². The second kappa shape index (κ2) is 6.95. The summed E-state index contributed by atoms with van der Waals surface area (Å²) < 4.78 is 27.7. The average molecular weight is 361 g/mol. The molecule has 112 valence electrons. The van der Waals surface area contributed by atoms with E-state index in [4.69, 9.17) is 38.6 Å². The van der Waals surface area contributed by atoms with Crippen molar-refractivity contribution in [2.75, 3.05) is 13.7 Å². The SMILES string of the molecule is COC(C)CNC(=O)c1cc(Cl)cc(S(=O)(=O)Cl)c1Cl. The summed E-state index contributed by atoms with van der Waals surface area (Å²) >= 11 is 11.7. The summed E-state index contributed by atoms with van der Waals surface area (Å²) in [5, 5.41) is 2.32. The topological polar surface area (TPSA) is 72.5 Å². The predicted octanol–water partition coefficient (Wildman–Crippen LogP) is 2.69. The van der Waals surface area contributed by atoms with Gasteiger partial charge in [0, 0.05) is 29.4 Å². The maximum Gasteiger partial charge on any atom is 0.262 e. The molecule has 0 saturated heterocycles. The molecule has 0 spiro atoms. The van der Waals surface area contributed by atoms with Gasteiger partial charge in [0.2, 0.25) is 0 Å². The van der Waals surface area contributed by atoms with Crippen LogP contribution in [-0.2, 0) is 13.8 Å². The highest BCUT2D eigenvalue weighted by atomic mass is 35.7. The smallest absolute Gasteiger partial charge is 0.262 e. The van der Waals surface area contributed by atoms with Gasteiger partial charge in [0.1, 0.15) is 4.90 Å². The Labute approximate surface area is 131 Å². The number of carbonyl (C=O) groups excluding carboxylic acids is 1. The summed E-state index contributed by atoms with van der Waals surface area (Å²) in [5.74, 6) is -0.567. The number of nitrogens with one attached hydrogen (secondary N) is 1. The molecule has 1 rings (SSSR count). The summed E-state index contributed by atoms with van der Waals surface area (Å²) in [6, 6.07) is 2.35. The Hall–Kier alpha value is -0.530.